The van der Waals surface area contributed by atoms with Gasteiger partial charge in [-0.15, -0.1) is 0 Å². The molecule has 0 amide bonds. The van der Waals surface area contributed by atoms with Crippen molar-refractivity contribution in [2.45, 2.75) is 38.2 Å². The summed E-state index contributed by atoms with van der Waals surface area (Å²) in [5.74, 6) is -0.931. The van der Waals surface area contributed by atoms with Crippen LogP contribution in [0.2, 0.25) is 0 Å². The molecule has 1 atom stereocenters. The third kappa shape index (κ3) is 3.99. The van der Waals surface area contributed by atoms with Crippen LogP contribution in [0.5, 0.6) is 0 Å². The molecule has 2 N–H and O–H groups in total. The van der Waals surface area contributed by atoms with Crippen LogP contribution < -0.4 is 4.72 Å². The topological polar surface area (TPSA) is 66.4 Å². The number of halogens is 1. The fourth-order valence-electron chi connectivity index (χ4n) is 1.34. The molecule has 4 nitrogen and oxygen atoms in total. The molecule has 1 rings (SSSR count). The average molecular weight is 289 g/mol. The summed E-state index contributed by atoms with van der Waals surface area (Å²) in [4.78, 5) is -0.396. The van der Waals surface area contributed by atoms with Crippen molar-refractivity contribution in [3.05, 3.63) is 29.6 Å². The van der Waals surface area contributed by atoms with Crippen molar-refractivity contribution in [1.82, 2.24) is 4.72 Å². The van der Waals surface area contributed by atoms with Crippen molar-refractivity contribution in [1.29, 1.82) is 0 Å². The maximum absolute atomic E-state index is 13.6. The standard InChI is InChI=1S/C13H20FNO3S/c1-9(2)13(4,16)8-15-19(17,18)12-7-10(3)5-6-11(12)14/h5-7,9,15-16H,8H2,1-4H3. The van der Waals surface area contributed by atoms with E-state index in [4.69, 9.17) is 0 Å². The maximum Gasteiger partial charge on any atom is 0.243 e. The van der Waals surface area contributed by atoms with Crippen LogP contribution in [0.3, 0.4) is 0 Å². The van der Waals surface area contributed by atoms with Gasteiger partial charge in [0.2, 0.25) is 10.0 Å². The van der Waals surface area contributed by atoms with Crippen LogP contribution in [0.25, 0.3) is 0 Å². The largest absolute Gasteiger partial charge is 0.389 e. The number of aryl methyl sites for hydroxylation is 1. The number of hydrogen-bond donors (Lipinski definition) is 2. The quantitative estimate of drug-likeness (QED) is 0.869. The van der Waals surface area contributed by atoms with Crippen LogP contribution >= 0.6 is 0 Å². The highest BCUT2D eigenvalue weighted by molar-refractivity contribution is 7.89. The van der Waals surface area contributed by atoms with E-state index in [9.17, 15) is 17.9 Å². The minimum atomic E-state index is -3.97. The van der Waals surface area contributed by atoms with Crippen molar-refractivity contribution in [2.24, 2.45) is 5.92 Å². The lowest BCUT2D eigenvalue weighted by molar-refractivity contribution is 0.0190. The van der Waals surface area contributed by atoms with Gasteiger partial charge in [-0.25, -0.2) is 17.5 Å². The second kappa shape index (κ2) is 5.56. The Morgan fingerprint density at radius 1 is 1.42 bits per heavy atom. The number of benzene rings is 1. The van der Waals surface area contributed by atoms with Crippen molar-refractivity contribution >= 4 is 10.0 Å². The molecule has 0 aliphatic rings. The number of nitrogens with one attached hydrogen (secondary N) is 1. The lowest BCUT2D eigenvalue weighted by atomic mass is 9.93. The summed E-state index contributed by atoms with van der Waals surface area (Å²) in [6, 6.07) is 3.88. The van der Waals surface area contributed by atoms with Crippen LogP contribution in [0.1, 0.15) is 26.3 Å². The van der Waals surface area contributed by atoms with Crippen LogP contribution in [-0.2, 0) is 10.0 Å². The molecular weight excluding hydrogens is 269 g/mol. The molecule has 19 heavy (non-hydrogen) atoms. The van der Waals surface area contributed by atoms with Gasteiger partial charge in [-0.2, -0.15) is 0 Å². The van der Waals surface area contributed by atoms with Gasteiger partial charge >= 0.3 is 0 Å². The molecule has 1 aromatic rings. The van der Waals surface area contributed by atoms with Crippen molar-refractivity contribution < 1.29 is 17.9 Å². The van der Waals surface area contributed by atoms with Crippen molar-refractivity contribution in [3.8, 4) is 0 Å². The van der Waals surface area contributed by atoms with Gasteiger partial charge < -0.3 is 5.11 Å². The fraction of sp³-hybridized carbons (Fsp3) is 0.538. The minimum absolute atomic E-state index is 0.127. The Balaban J connectivity index is 2.97. The zero-order chi connectivity index (χ0) is 14.8. The van der Waals surface area contributed by atoms with Gasteiger partial charge in [0.25, 0.3) is 0 Å². The number of hydrogen-bond acceptors (Lipinski definition) is 3. The Morgan fingerprint density at radius 2 is 2.00 bits per heavy atom. The summed E-state index contributed by atoms with van der Waals surface area (Å²) in [6.45, 7) is 6.61. The summed E-state index contributed by atoms with van der Waals surface area (Å²) >= 11 is 0. The van der Waals surface area contributed by atoms with Gasteiger partial charge in [-0.3, -0.25) is 0 Å². The summed E-state index contributed by atoms with van der Waals surface area (Å²) in [5.41, 5.74) is -0.537. The van der Waals surface area contributed by atoms with Gasteiger partial charge in [0, 0.05) is 6.54 Å². The van der Waals surface area contributed by atoms with Gasteiger partial charge in [-0.1, -0.05) is 19.9 Å². The first-order valence-electron chi connectivity index (χ1n) is 6.04. The maximum atomic E-state index is 13.6. The molecule has 0 fully saturated rings. The van der Waals surface area contributed by atoms with Gasteiger partial charge in [0.15, 0.2) is 0 Å². The van der Waals surface area contributed by atoms with Crippen LogP contribution in [0, 0.1) is 18.7 Å². The van der Waals surface area contributed by atoms with E-state index < -0.39 is 26.3 Å². The SMILES string of the molecule is Cc1ccc(F)c(S(=O)(=O)NCC(C)(O)C(C)C)c1. The summed E-state index contributed by atoms with van der Waals surface area (Å²) < 4.78 is 39.8. The first-order valence-corrected chi connectivity index (χ1v) is 7.53. The van der Waals surface area contributed by atoms with Crippen LogP contribution in [-0.4, -0.2) is 25.7 Å². The normalized spacial score (nSPS) is 15.5. The molecule has 0 heterocycles. The summed E-state index contributed by atoms with van der Waals surface area (Å²) in [7, 11) is -3.97. The third-order valence-corrected chi connectivity index (χ3v) is 4.66. The Kier molecular flexibility index (Phi) is 4.71. The highest BCUT2D eigenvalue weighted by Gasteiger charge is 2.28. The Hall–Kier alpha value is -0.980. The Bertz CT molecular complexity index is 553. The summed E-state index contributed by atoms with van der Waals surface area (Å²) in [6.07, 6.45) is 0. The molecular formula is C13H20FNO3S. The molecule has 0 spiro atoms. The van der Waals surface area contributed by atoms with E-state index in [-0.39, 0.29) is 12.5 Å². The highest BCUT2D eigenvalue weighted by atomic mass is 32.2. The molecule has 6 heteroatoms. The lowest BCUT2D eigenvalue weighted by Gasteiger charge is -2.27. The zero-order valence-electron chi connectivity index (χ0n) is 11.6. The Labute approximate surface area is 113 Å². The molecule has 1 aromatic carbocycles. The van der Waals surface area contributed by atoms with E-state index in [0.717, 1.165) is 6.07 Å². The minimum Gasteiger partial charge on any atom is -0.389 e. The van der Waals surface area contributed by atoms with Gasteiger partial charge in [0.1, 0.15) is 10.7 Å². The molecule has 0 aliphatic carbocycles. The van der Waals surface area contributed by atoms with E-state index in [0.29, 0.717) is 5.56 Å². The molecule has 108 valence electrons. The lowest BCUT2D eigenvalue weighted by Crippen LogP contribution is -2.44. The molecule has 0 aromatic heterocycles. The predicted molar refractivity (Wildman–Crippen MR) is 71.8 cm³/mol. The molecule has 0 saturated heterocycles. The molecule has 0 aliphatic heterocycles. The second-order valence-corrected chi connectivity index (χ2v) is 7.01. The van der Waals surface area contributed by atoms with E-state index in [1.54, 1.807) is 20.8 Å². The first-order chi connectivity index (χ1) is 8.56. The number of sulfonamides is 1. The van der Waals surface area contributed by atoms with Crippen molar-refractivity contribution in [2.75, 3.05) is 6.54 Å². The highest BCUT2D eigenvalue weighted by Crippen LogP contribution is 2.19. The number of rotatable bonds is 5. The molecule has 0 saturated carbocycles. The fourth-order valence-corrected chi connectivity index (χ4v) is 2.64. The van der Waals surface area contributed by atoms with E-state index >= 15 is 0 Å². The summed E-state index contributed by atoms with van der Waals surface area (Å²) in [5, 5.41) is 10.0. The van der Waals surface area contributed by atoms with Crippen molar-refractivity contribution in [3.63, 3.8) is 0 Å². The van der Waals surface area contributed by atoms with E-state index in [1.807, 2.05) is 0 Å². The smallest absolute Gasteiger partial charge is 0.243 e. The van der Waals surface area contributed by atoms with Crippen LogP contribution in [0.4, 0.5) is 4.39 Å². The van der Waals surface area contributed by atoms with Gasteiger partial charge in [-0.05, 0) is 37.5 Å². The molecule has 0 radical (unpaired) electrons. The molecule has 1 unspecified atom stereocenters. The van der Waals surface area contributed by atoms with Gasteiger partial charge in [0.05, 0.1) is 5.60 Å². The van der Waals surface area contributed by atoms with E-state index in [1.165, 1.54) is 19.1 Å². The Morgan fingerprint density at radius 3 is 2.53 bits per heavy atom. The van der Waals surface area contributed by atoms with Crippen LogP contribution in [0.15, 0.2) is 23.1 Å². The monoisotopic (exact) mass is 289 g/mol. The third-order valence-electron chi connectivity index (χ3n) is 3.24. The molecule has 0 bridgehead atoms. The average Bonchev–Trinajstić information content (AvgIpc) is 2.30. The zero-order valence-corrected chi connectivity index (χ0v) is 12.4. The number of aliphatic hydroxyl groups is 1. The predicted octanol–water partition coefficient (Wildman–Crippen LogP) is 1.82. The second-order valence-electron chi connectivity index (χ2n) is 5.27. The van der Waals surface area contributed by atoms with E-state index in [2.05, 4.69) is 4.72 Å². The first kappa shape index (κ1) is 16.1.